The van der Waals surface area contributed by atoms with Crippen molar-refractivity contribution in [2.45, 2.75) is 32.3 Å². The number of hydrogen-bond acceptors (Lipinski definition) is 4. The Labute approximate surface area is 170 Å². The van der Waals surface area contributed by atoms with Crippen molar-refractivity contribution in [1.29, 1.82) is 0 Å². The number of Topliss-reactive ketones (excluding diaryl/α,β-unsaturated/α-hetero) is 1. The van der Waals surface area contributed by atoms with E-state index in [0.29, 0.717) is 18.5 Å². The third kappa shape index (κ3) is 5.02. The van der Waals surface area contributed by atoms with Crippen molar-refractivity contribution in [3.05, 3.63) is 53.6 Å². The molecule has 6 nitrogen and oxygen atoms in total. The Morgan fingerprint density at radius 2 is 1.86 bits per heavy atom. The van der Waals surface area contributed by atoms with Gasteiger partial charge in [0.1, 0.15) is 11.9 Å². The topological polar surface area (TPSA) is 75.7 Å². The molecule has 2 aromatic rings. The van der Waals surface area contributed by atoms with Crippen molar-refractivity contribution >= 4 is 17.6 Å². The second kappa shape index (κ2) is 8.90. The molecule has 0 fully saturated rings. The van der Waals surface area contributed by atoms with Crippen molar-refractivity contribution in [1.82, 2.24) is 10.2 Å². The number of nitrogens with one attached hydrogen (secondary N) is 1. The van der Waals surface area contributed by atoms with Gasteiger partial charge in [-0.15, -0.1) is 0 Å². The molecule has 1 heterocycles. The monoisotopic (exact) mass is 394 g/mol. The number of carbonyl (C=O) groups excluding carboxylic acids is 3. The molecule has 1 aliphatic heterocycles. The number of ether oxygens (including phenoxy) is 1. The highest BCUT2D eigenvalue weighted by atomic mass is 16.5. The summed E-state index contributed by atoms with van der Waals surface area (Å²) in [6, 6.07) is 13.5. The standard InChI is InChI=1S/C23H26N2O4/c1-15(26)19-6-4-5-7-20(19)16-8-9-21-17(12-16)13-18(29-21)14-24-22(27)10-11-23(28)25(2)3/h4-9,12,18H,10-11,13-14H2,1-3H3,(H,24,27)/t18-/m1/s1. The van der Waals surface area contributed by atoms with Crippen molar-refractivity contribution in [2.24, 2.45) is 0 Å². The van der Waals surface area contributed by atoms with E-state index in [1.807, 2.05) is 36.4 Å². The number of fused-ring (bicyclic) bond motifs is 1. The van der Waals surface area contributed by atoms with Gasteiger partial charge in [0.2, 0.25) is 11.8 Å². The fraction of sp³-hybridized carbons (Fsp3) is 0.348. The Morgan fingerprint density at radius 1 is 1.10 bits per heavy atom. The first kappa shape index (κ1) is 20.6. The summed E-state index contributed by atoms with van der Waals surface area (Å²) < 4.78 is 5.93. The Bertz CT molecular complexity index is 936. The lowest BCUT2D eigenvalue weighted by molar-refractivity contribution is -0.131. The molecule has 0 saturated heterocycles. The van der Waals surface area contributed by atoms with Gasteiger partial charge in [0, 0.05) is 38.9 Å². The van der Waals surface area contributed by atoms with Gasteiger partial charge in [-0.2, -0.15) is 0 Å². The largest absolute Gasteiger partial charge is 0.488 e. The summed E-state index contributed by atoms with van der Waals surface area (Å²) in [6.45, 7) is 1.96. The lowest BCUT2D eigenvalue weighted by atomic mass is 9.95. The molecule has 0 unspecified atom stereocenters. The molecule has 0 radical (unpaired) electrons. The van der Waals surface area contributed by atoms with Crippen LogP contribution in [0.5, 0.6) is 5.75 Å². The van der Waals surface area contributed by atoms with E-state index in [9.17, 15) is 14.4 Å². The first-order chi connectivity index (χ1) is 13.8. The first-order valence-electron chi connectivity index (χ1n) is 9.72. The fourth-order valence-electron chi connectivity index (χ4n) is 3.40. The van der Waals surface area contributed by atoms with Gasteiger partial charge >= 0.3 is 0 Å². The normalized spacial score (nSPS) is 14.7. The molecule has 0 aliphatic carbocycles. The summed E-state index contributed by atoms with van der Waals surface area (Å²) in [5, 5.41) is 2.84. The van der Waals surface area contributed by atoms with Crippen LogP contribution in [0.25, 0.3) is 11.1 Å². The van der Waals surface area contributed by atoms with Crippen LogP contribution in [0.1, 0.15) is 35.7 Å². The summed E-state index contributed by atoms with van der Waals surface area (Å²) in [6.07, 6.45) is 0.908. The van der Waals surface area contributed by atoms with E-state index < -0.39 is 0 Å². The molecule has 0 bridgehead atoms. The van der Waals surface area contributed by atoms with Crippen LogP contribution in [-0.2, 0) is 16.0 Å². The van der Waals surface area contributed by atoms with Gasteiger partial charge in [-0.3, -0.25) is 14.4 Å². The molecule has 3 rings (SSSR count). The SMILES string of the molecule is CC(=O)c1ccccc1-c1ccc2c(c1)C[C@H](CNC(=O)CCC(=O)N(C)C)O2. The van der Waals surface area contributed by atoms with E-state index in [1.165, 1.54) is 4.90 Å². The van der Waals surface area contributed by atoms with Crippen LogP contribution in [-0.4, -0.2) is 49.2 Å². The summed E-state index contributed by atoms with van der Waals surface area (Å²) in [5.74, 6) is 0.612. The predicted molar refractivity (Wildman–Crippen MR) is 111 cm³/mol. The molecular formula is C23H26N2O4. The number of carbonyl (C=O) groups is 3. The molecular weight excluding hydrogens is 368 g/mol. The van der Waals surface area contributed by atoms with E-state index in [-0.39, 0.29) is 36.5 Å². The number of benzene rings is 2. The number of nitrogens with zero attached hydrogens (tertiary/aromatic N) is 1. The summed E-state index contributed by atoms with van der Waals surface area (Å²) in [7, 11) is 3.35. The number of rotatable bonds is 7. The van der Waals surface area contributed by atoms with E-state index in [2.05, 4.69) is 11.4 Å². The zero-order chi connectivity index (χ0) is 21.0. The first-order valence-corrected chi connectivity index (χ1v) is 9.72. The quantitative estimate of drug-likeness (QED) is 0.733. The smallest absolute Gasteiger partial charge is 0.222 e. The second-order valence-electron chi connectivity index (χ2n) is 7.46. The van der Waals surface area contributed by atoms with E-state index in [4.69, 9.17) is 4.74 Å². The fourth-order valence-corrected chi connectivity index (χ4v) is 3.40. The lowest BCUT2D eigenvalue weighted by Gasteiger charge is -2.13. The van der Waals surface area contributed by atoms with Gasteiger partial charge in [-0.05, 0) is 35.7 Å². The maximum absolute atomic E-state index is 12.0. The number of amides is 2. The minimum atomic E-state index is -0.157. The molecule has 152 valence electrons. The highest BCUT2D eigenvalue weighted by molar-refractivity contribution is 6.00. The van der Waals surface area contributed by atoms with Gasteiger partial charge in [0.25, 0.3) is 0 Å². The van der Waals surface area contributed by atoms with Crippen molar-refractivity contribution in [2.75, 3.05) is 20.6 Å². The molecule has 0 spiro atoms. The van der Waals surface area contributed by atoms with Crippen LogP contribution < -0.4 is 10.1 Å². The van der Waals surface area contributed by atoms with Crippen LogP contribution in [0.15, 0.2) is 42.5 Å². The lowest BCUT2D eigenvalue weighted by Crippen LogP contribution is -2.35. The molecule has 0 aromatic heterocycles. The molecule has 0 saturated carbocycles. The predicted octanol–water partition coefficient (Wildman–Crippen LogP) is 2.84. The Hall–Kier alpha value is -3.15. The minimum Gasteiger partial charge on any atom is -0.488 e. The molecule has 1 N–H and O–H groups in total. The van der Waals surface area contributed by atoms with Gasteiger partial charge in [0.05, 0.1) is 6.54 Å². The molecule has 1 aliphatic rings. The van der Waals surface area contributed by atoms with Crippen molar-refractivity contribution in [3.63, 3.8) is 0 Å². The second-order valence-corrected chi connectivity index (χ2v) is 7.46. The maximum Gasteiger partial charge on any atom is 0.222 e. The van der Waals surface area contributed by atoms with Gasteiger partial charge < -0.3 is 15.0 Å². The highest BCUT2D eigenvalue weighted by Gasteiger charge is 2.24. The molecule has 2 amide bonds. The average Bonchev–Trinajstić information content (AvgIpc) is 3.12. The van der Waals surface area contributed by atoms with Gasteiger partial charge in [0.15, 0.2) is 5.78 Å². The van der Waals surface area contributed by atoms with Crippen molar-refractivity contribution < 1.29 is 19.1 Å². The summed E-state index contributed by atoms with van der Waals surface area (Å²) in [4.78, 5) is 36.9. The molecule has 2 aromatic carbocycles. The zero-order valence-electron chi connectivity index (χ0n) is 17.0. The van der Waals surface area contributed by atoms with Gasteiger partial charge in [-0.25, -0.2) is 0 Å². The molecule has 1 atom stereocenters. The molecule has 6 heteroatoms. The van der Waals surface area contributed by atoms with E-state index >= 15 is 0 Å². The zero-order valence-corrected chi connectivity index (χ0v) is 17.0. The third-order valence-corrected chi connectivity index (χ3v) is 5.01. The highest BCUT2D eigenvalue weighted by Crippen LogP contribution is 2.34. The maximum atomic E-state index is 12.0. The average molecular weight is 394 g/mol. The molecule has 29 heavy (non-hydrogen) atoms. The van der Waals surface area contributed by atoms with E-state index in [0.717, 1.165) is 22.4 Å². The Morgan fingerprint density at radius 3 is 2.59 bits per heavy atom. The van der Waals surface area contributed by atoms with Crippen LogP contribution >= 0.6 is 0 Å². The van der Waals surface area contributed by atoms with Crippen LogP contribution in [0.4, 0.5) is 0 Å². The van der Waals surface area contributed by atoms with Crippen LogP contribution in [0.3, 0.4) is 0 Å². The Balaban J connectivity index is 1.60. The number of hydrogen-bond donors (Lipinski definition) is 1. The van der Waals surface area contributed by atoms with Crippen LogP contribution in [0.2, 0.25) is 0 Å². The Kier molecular flexibility index (Phi) is 6.32. The summed E-state index contributed by atoms with van der Waals surface area (Å²) >= 11 is 0. The number of ketones is 1. The van der Waals surface area contributed by atoms with Crippen molar-refractivity contribution in [3.8, 4) is 16.9 Å². The van der Waals surface area contributed by atoms with Gasteiger partial charge in [-0.1, -0.05) is 30.3 Å². The summed E-state index contributed by atoms with van der Waals surface area (Å²) in [5.41, 5.74) is 3.64. The third-order valence-electron chi connectivity index (χ3n) is 5.01. The van der Waals surface area contributed by atoms with Crippen LogP contribution in [0, 0.1) is 0 Å². The minimum absolute atomic E-state index is 0.0330. The van der Waals surface area contributed by atoms with E-state index in [1.54, 1.807) is 21.0 Å².